The zero-order chi connectivity index (χ0) is 14.8. The number of aromatic nitrogens is 1. The molecular weight excluding hydrogens is 264 g/mol. The first-order valence-corrected chi connectivity index (χ1v) is 7.22. The number of piperazine rings is 1. The van der Waals surface area contributed by atoms with Gasteiger partial charge >= 0.3 is 6.03 Å². The van der Waals surface area contributed by atoms with E-state index in [-0.39, 0.29) is 6.03 Å². The molecule has 0 saturated carbocycles. The van der Waals surface area contributed by atoms with Gasteiger partial charge in [-0.2, -0.15) is 0 Å². The van der Waals surface area contributed by atoms with Gasteiger partial charge in [-0.25, -0.2) is 4.79 Å². The number of hydrogen-bond donors (Lipinski definition) is 0. The van der Waals surface area contributed by atoms with E-state index >= 15 is 0 Å². The monoisotopic (exact) mass is 284 g/mol. The third kappa shape index (κ3) is 2.63. The predicted octanol–water partition coefficient (Wildman–Crippen LogP) is 2.04. The van der Waals surface area contributed by atoms with Crippen molar-refractivity contribution in [2.24, 2.45) is 0 Å². The second kappa shape index (κ2) is 5.60. The molecule has 1 aliphatic rings. The molecule has 1 aromatic heterocycles. The summed E-state index contributed by atoms with van der Waals surface area (Å²) in [6.07, 6.45) is 1.86. The predicted molar refractivity (Wildman–Crippen MR) is 84.6 cm³/mol. The number of rotatable bonds is 1. The molecule has 21 heavy (non-hydrogen) atoms. The van der Waals surface area contributed by atoms with Gasteiger partial charge in [-0.05, 0) is 12.1 Å². The van der Waals surface area contributed by atoms with Gasteiger partial charge in [0.1, 0.15) is 0 Å². The van der Waals surface area contributed by atoms with Gasteiger partial charge < -0.3 is 14.7 Å². The van der Waals surface area contributed by atoms with Crippen LogP contribution in [0.25, 0.3) is 10.9 Å². The molecule has 1 aromatic carbocycles. The SMILES string of the molecule is CN(C)C(=O)N1CCN(c2ccnc3ccccc23)CC1. The number of anilines is 1. The lowest BCUT2D eigenvalue weighted by molar-refractivity contribution is 0.168. The van der Waals surface area contributed by atoms with Crippen molar-refractivity contribution in [2.75, 3.05) is 45.2 Å². The van der Waals surface area contributed by atoms with Crippen LogP contribution >= 0.6 is 0 Å². The van der Waals surface area contributed by atoms with E-state index in [4.69, 9.17) is 0 Å². The van der Waals surface area contributed by atoms with Gasteiger partial charge in [0.05, 0.1) is 5.52 Å². The summed E-state index contributed by atoms with van der Waals surface area (Å²) in [4.78, 5) is 22.3. The molecule has 2 heterocycles. The number of para-hydroxylation sites is 1. The van der Waals surface area contributed by atoms with E-state index in [0.717, 1.165) is 31.7 Å². The van der Waals surface area contributed by atoms with Crippen LogP contribution in [0.5, 0.6) is 0 Å². The molecule has 1 saturated heterocycles. The minimum absolute atomic E-state index is 0.0919. The van der Waals surface area contributed by atoms with Crippen molar-refractivity contribution in [1.82, 2.24) is 14.8 Å². The Balaban J connectivity index is 1.79. The molecule has 0 bridgehead atoms. The van der Waals surface area contributed by atoms with Crippen molar-refractivity contribution in [3.63, 3.8) is 0 Å². The first-order valence-electron chi connectivity index (χ1n) is 7.22. The van der Waals surface area contributed by atoms with Crippen molar-refractivity contribution < 1.29 is 4.79 Å². The Morgan fingerprint density at radius 1 is 1.10 bits per heavy atom. The summed E-state index contributed by atoms with van der Waals surface area (Å²) in [6, 6.07) is 10.3. The maximum atomic E-state index is 12.0. The molecule has 3 rings (SSSR count). The van der Waals surface area contributed by atoms with Crippen molar-refractivity contribution in [1.29, 1.82) is 0 Å². The van der Waals surface area contributed by atoms with Gasteiger partial charge in [0.2, 0.25) is 0 Å². The Morgan fingerprint density at radius 2 is 1.81 bits per heavy atom. The summed E-state index contributed by atoms with van der Waals surface area (Å²) in [7, 11) is 3.59. The Morgan fingerprint density at radius 3 is 2.52 bits per heavy atom. The van der Waals surface area contributed by atoms with Crippen LogP contribution in [0.15, 0.2) is 36.5 Å². The highest BCUT2D eigenvalue weighted by atomic mass is 16.2. The molecule has 0 radical (unpaired) electrons. The van der Waals surface area contributed by atoms with Crippen LogP contribution in [0, 0.1) is 0 Å². The van der Waals surface area contributed by atoms with E-state index in [9.17, 15) is 4.79 Å². The molecule has 1 fully saturated rings. The molecule has 5 nitrogen and oxygen atoms in total. The number of fused-ring (bicyclic) bond motifs is 1. The van der Waals surface area contributed by atoms with Crippen LogP contribution < -0.4 is 4.90 Å². The Labute approximate surface area is 124 Å². The topological polar surface area (TPSA) is 39.7 Å². The van der Waals surface area contributed by atoms with Gasteiger partial charge in [-0.3, -0.25) is 4.98 Å². The van der Waals surface area contributed by atoms with E-state index in [2.05, 4.69) is 22.0 Å². The molecule has 2 amide bonds. The van der Waals surface area contributed by atoms with Gasteiger partial charge in [0.25, 0.3) is 0 Å². The highest BCUT2D eigenvalue weighted by Crippen LogP contribution is 2.26. The normalized spacial score (nSPS) is 15.3. The fourth-order valence-corrected chi connectivity index (χ4v) is 2.78. The number of pyridine rings is 1. The van der Waals surface area contributed by atoms with Gasteiger partial charge in [-0.15, -0.1) is 0 Å². The number of benzene rings is 1. The average molecular weight is 284 g/mol. The molecule has 5 heteroatoms. The number of nitrogens with zero attached hydrogens (tertiary/aromatic N) is 4. The van der Waals surface area contributed by atoms with E-state index < -0.39 is 0 Å². The summed E-state index contributed by atoms with van der Waals surface area (Å²) in [5, 5.41) is 1.17. The number of urea groups is 1. The van der Waals surface area contributed by atoms with E-state index in [1.54, 1.807) is 19.0 Å². The Kier molecular flexibility index (Phi) is 3.64. The molecule has 2 aromatic rings. The quantitative estimate of drug-likeness (QED) is 0.804. The maximum absolute atomic E-state index is 12.0. The number of carbonyl (C=O) groups excluding carboxylic acids is 1. The van der Waals surface area contributed by atoms with Crippen LogP contribution in [0.4, 0.5) is 10.5 Å². The number of hydrogen-bond acceptors (Lipinski definition) is 3. The fourth-order valence-electron chi connectivity index (χ4n) is 2.78. The minimum Gasteiger partial charge on any atom is -0.367 e. The van der Waals surface area contributed by atoms with E-state index in [0.29, 0.717) is 0 Å². The minimum atomic E-state index is 0.0919. The standard InChI is InChI=1S/C16H20N4O/c1-18(2)16(21)20-11-9-19(10-12-20)15-7-8-17-14-6-4-3-5-13(14)15/h3-8H,9-12H2,1-2H3. The Bertz CT molecular complexity index is 642. The second-order valence-corrected chi connectivity index (χ2v) is 5.50. The smallest absolute Gasteiger partial charge is 0.319 e. The second-order valence-electron chi connectivity index (χ2n) is 5.50. The van der Waals surface area contributed by atoms with Crippen LogP contribution in [0.1, 0.15) is 0 Å². The molecule has 1 aliphatic heterocycles. The Hall–Kier alpha value is -2.30. The molecule has 0 N–H and O–H groups in total. The summed E-state index contributed by atoms with van der Waals surface area (Å²) in [5.41, 5.74) is 2.22. The summed E-state index contributed by atoms with van der Waals surface area (Å²) in [6.45, 7) is 3.22. The lowest BCUT2D eigenvalue weighted by Gasteiger charge is -2.37. The lowest BCUT2D eigenvalue weighted by atomic mass is 10.1. The lowest BCUT2D eigenvalue weighted by Crippen LogP contribution is -2.51. The third-order valence-corrected chi connectivity index (χ3v) is 3.90. The first-order chi connectivity index (χ1) is 10.2. The highest BCUT2D eigenvalue weighted by molar-refractivity contribution is 5.91. The fraction of sp³-hybridized carbons (Fsp3) is 0.375. The third-order valence-electron chi connectivity index (χ3n) is 3.90. The molecule has 0 atom stereocenters. The largest absolute Gasteiger partial charge is 0.367 e. The average Bonchev–Trinajstić information content (AvgIpc) is 2.53. The zero-order valence-corrected chi connectivity index (χ0v) is 12.5. The van der Waals surface area contributed by atoms with Crippen LogP contribution in [0.3, 0.4) is 0 Å². The first kappa shape index (κ1) is 13.7. The number of amides is 2. The van der Waals surface area contributed by atoms with E-state index in [1.807, 2.05) is 29.3 Å². The molecule has 110 valence electrons. The van der Waals surface area contributed by atoms with Crippen LogP contribution in [-0.4, -0.2) is 61.1 Å². The molecule has 0 aliphatic carbocycles. The highest BCUT2D eigenvalue weighted by Gasteiger charge is 2.23. The summed E-state index contributed by atoms with van der Waals surface area (Å²) < 4.78 is 0. The van der Waals surface area contributed by atoms with Crippen LogP contribution in [0.2, 0.25) is 0 Å². The molecular formula is C16H20N4O. The summed E-state index contributed by atoms with van der Waals surface area (Å²) in [5.74, 6) is 0. The summed E-state index contributed by atoms with van der Waals surface area (Å²) >= 11 is 0. The van der Waals surface area contributed by atoms with Gasteiger partial charge in [0, 0.05) is 57.5 Å². The zero-order valence-electron chi connectivity index (χ0n) is 12.5. The maximum Gasteiger partial charge on any atom is 0.319 e. The van der Waals surface area contributed by atoms with Crippen molar-refractivity contribution in [3.8, 4) is 0 Å². The molecule has 0 unspecified atom stereocenters. The van der Waals surface area contributed by atoms with Gasteiger partial charge in [0.15, 0.2) is 0 Å². The number of carbonyl (C=O) groups is 1. The molecule has 0 spiro atoms. The van der Waals surface area contributed by atoms with Crippen LogP contribution in [-0.2, 0) is 0 Å². The van der Waals surface area contributed by atoms with Gasteiger partial charge in [-0.1, -0.05) is 18.2 Å². The van der Waals surface area contributed by atoms with Crippen molar-refractivity contribution >= 4 is 22.6 Å². The van der Waals surface area contributed by atoms with E-state index in [1.165, 1.54) is 11.1 Å². The van der Waals surface area contributed by atoms with Crippen molar-refractivity contribution in [3.05, 3.63) is 36.5 Å². The van der Waals surface area contributed by atoms with Crippen molar-refractivity contribution in [2.45, 2.75) is 0 Å².